The topological polar surface area (TPSA) is 20.2 Å². The van der Waals surface area contributed by atoms with Crippen LogP contribution in [0, 0.1) is 11.8 Å². The Bertz CT molecular complexity index is 156. The monoisotopic (exact) mass is 124 g/mol. The third-order valence-corrected chi connectivity index (χ3v) is 1.94. The van der Waals surface area contributed by atoms with Crippen molar-refractivity contribution in [1.29, 1.82) is 0 Å². The van der Waals surface area contributed by atoms with E-state index in [1.807, 2.05) is 13.0 Å². The third kappa shape index (κ3) is 1.15. The lowest BCUT2D eigenvalue weighted by atomic mass is 9.90. The van der Waals surface area contributed by atoms with Crippen LogP contribution in [0.2, 0.25) is 0 Å². The molecule has 1 N–H and O–H groups in total. The van der Waals surface area contributed by atoms with E-state index < -0.39 is 0 Å². The van der Waals surface area contributed by atoms with Crippen molar-refractivity contribution >= 4 is 0 Å². The Morgan fingerprint density at radius 3 is 2.56 bits per heavy atom. The molecule has 2 unspecified atom stereocenters. The molecule has 0 saturated carbocycles. The van der Waals surface area contributed by atoms with Gasteiger partial charge in [-0.1, -0.05) is 26.0 Å². The van der Waals surface area contributed by atoms with Crippen LogP contribution in [-0.2, 0) is 0 Å². The van der Waals surface area contributed by atoms with Gasteiger partial charge in [0.15, 0.2) is 0 Å². The fourth-order valence-electron chi connectivity index (χ4n) is 0.917. The summed E-state index contributed by atoms with van der Waals surface area (Å²) in [4.78, 5) is 0. The van der Waals surface area contributed by atoms with Gasteiger partial charge in [0.25, 0.3) is 0 Å². The molecule has 0 aromatic heterocycles. The zero-order valence-corrected chi connectivity index (χ0v) is 5.83. The largest absolute Gasteiger partial charge is 0.512 e. The molecule has 2 atom stereocenters. The Hall–Kier alpha value is -0.720. The molecule has 0 aliphatic heterocycles. The molecule has 1 heteroatoms. The molecule has 1 nitrogen and oxygen atoms in total. The van der Waals surface area contributed by atoms with Crippen LogP contribution in [0.3, 0.4) is 0 Å². The van der Waals surface area contributed by atoms with Gasteiger partial charge in [-0.3, -0.25) is 0 Å². The van der Waals surface area contributed by atoms with E-state index in [0.717, 1.165) is 0 Å². The molecule has 50 valence electrons. The highest BCUT2D eigenvalue weighted by Crippen LogP contribution is 2.22. The molecule has 0 bridgehead atoms. The summed E-state index contributed by atoms with van der Waals surface area (Å²) in [5.41, 5.74) is 0. The molecule has 0 radical (unpaired) electrons. The molecule has 1 aliphatic rings. The van der Waals surface area contributed by atoms with Crippen molar-refractivity contribution in [3.8, 4) is 0 Å². The van der Waals surface area contributed by atoms with Gasteiger partial charge in [-0.2, -0.15) is 0 Å². The average molecular weight is 124 g/mol. The van der Waals surface area contributed by atoms with E-state index in [-0.39, 0.29) is 0 Å². The predicted octanol–water partition coefficient (Wildman–Crippen LogP) is 2.27. The first-order valence-electron chi connectivity index (χ1n) is 3.29. The van der Waals surface area contributed by atoms with Gasteiger partial charge in [-0.25, -0.2) is 0 Å². The Morgan fingerprint density at radius 2 is 2.11 bits per heavy atom. The van der Waals surface area contributed by atoms with Crippen LogP contribution in [0.4, 0.5) is 0 Å². The minimum absolute atomic E-state index is 0.301. The number of hydrogen-bond donors (Lipinski definition) is 1. The predicted molar refractivity (Wildman–Crippen MR) is 38.2 cm³/mol. The fraction of sp³-hybridized carbons (Fsp3) is 0.500. The smallest absolute Gasteiger partial charge is 0.0956 e. The molecule has 0 saturated heterocycles. The Balaban J connectivity index is 2.73. The van der Waals surface area contributed by atoms with E-state index in [1.165, 1.54) is 0 Å². The van der Waals surface area contributed by atoms with Crippen LogP contribution in [-0.4, -0.2) is 5.11 Å². The summed E-state index contributed by atoms with van der Waals surface area (Å²) >= 11 is 0. The molecular weight excluding hydrogens is 112 g/mol. The Morgan fingerprint density at radius 1 is 1.44 bits per heavy atom. The number of rotatable bonds is 0. The molecule has 0 amide bonds. The number of aliphatic hydroxyl groups is 1. The quantitative estimate of drug-likeness (QED) is 0.525. The van der Waals surface area contributed by atoms with Gasteiger partial charge in [0.2, 0.25) is 0 Å². The molecule has 0 aromatic rings. The van der Waals surface area contributed by atoms with Gasteiger partial charge in [-0.05, 0) is 12.0 Å². The van der Waals surface area contributed by atoms with E-state index in [1.54, 1.807) is 6.08 Å². The minimum Gasteiger partial charge on any atom is -0.512 e. The van der Waals surface area contributed by atoms with Gasteiger partial charge in [0, 0.05) is 5.92 Å². The van der Waals surface area contributed by atoms with Crippen molar-refractivity contribution in [3.05, 3.63) is 24.0 Å². The zero-order valence-electron chi connectivity index (χ0n) is 5.83. The first kappa shape index (κ1) is 6.40. The average Bonchev–Trinajstić information content (AvgIpc) is 1.83. The number of allylic oxidation sites excluding steroid dienone is 4. The lowest BCUT2D eigenvalue weighted by Gasteiger charge is -2.18. The molecule has 1 rings (SSSR count). The second-order valence-corrected chi connectivity index (χ2v) is 2.62. The van der Waals surface area contributed by atoms with Crippen molar-refractivity contribution in [2.45, 2.75) is 13.8 Å². The Labute approximate surface area is 55.7 Å². The second-order valence-electron chi connectivity index (χ2n) is 2.62. The molecule has 0 heterocycles. The van der Waals surface area contributed by atoms with Crippen LogP contribution in [0.1, 0.15) is 13.8 Å². The maximum Gasteiger partial charge on any atom is 0.0956 e. The minimum atomic E-state index is 0.301. The van der Waals surface area contributed by atoms with Gasteiger partial charge in [-0.15, -0.1) is 0 Å². The summed E-state index contributed by atoms with van der Waals surface area (Å²) < 4.78 is 0. The van der Waals surface area contributed by atoms with Crippen molar-refractivity contribution in [1.82, 2.24) is 0 Å². The van der Waals surface area contributed by atoms with E-state index in [4.69, 9.17) is 5.11 Å². The summed E-state index contributed by atoms with van der Waals surface area (Å²) in [7, 11) is 0. The molecule has 1 aliphatic carbocycles. The van der Waals surface area contributed by atoms with Gasteiger partial charge in [0.05, 0.1) is 5.76 Å². The first-order chi connectivity index (χ1) is 4.22. The zero-order chi connectivity index (χ0) is 6.85. The maximum absolute atomic E-state index is 9.16. The highest BCUT2D eigenvalue weighted by Gasteiger charge is 2.14. The molecular formula is C8H12O. The maximum atomic E-state index is 9.16. The van der Waals surface area contributed by atoms with E-state index >= 15 is 0 Å². The summed E-state index contributed by atoms with van der Waals surface area (Å²) in [6, 6.07) is 0. The van der Waals surface area contributed by atoms with Crippen molar-refractivity contribution in [3.63, 3.8) is 0 Å². The third-order valence-electron chi connectivity index (χ3n) is 1.94. The molecule has 0 fully saturated rings. The SMILES string of the molecule is CC1C=CC=C(O)C1C. The van der Waals surface area contributed by atoms with Crippen LogP contribution in [0.5, 0.6) is 0 Å². The number of hydrogen-bond acceptors (Lipinski definition) is 1. The van der Waals surface area contributed by atoms with Crippen LogP contribution < -0.4 is 0 Å². The van der Waals surface area contributed by atoms with Crippen LogP contribution in [0.15, 0.2) is 24.0 Å². The summed E-state index contributed by atoms with van der Waals surface area (Å²) in [6.07, 6.45) is 5.76. The Kier molecular flexibility index (Phi) is 1.60. The van der Waals surface area contributed by atoms with Crippen molar-refractivity contribution < 1.29 is 5.11 Å². The second kappa shape index (κ2) is 2.26. The molecule has 0 spiro atoms. The van der Waals surface area contributed by atoms with Crippen molar-refractivity contribution in [2.75, 3.05) is 0 Å². The van der Waals surface area contributed by atoms with Gasteiger partial charge in [0.1, 0.15) is 0 Å². The summed E-state index contributed by atoms with van der Waals surface area (Å²) in [6.45, 7) is 4.13. The van der Waals surface area contributed by atoms with Crippen LogP contribution in [0.25, 0.3) is 0 Å². The van der Waals surface area contributed by atoms with Gasteiger partial charge >= 0.3 is 0 Å². The summed E-state index contributed by atoms with van der Waals surface area (Å²) in [5.74, 6) is 1.29. The lowest BCUT2D eigenvalue weighted by Crippen LogP contribution is -2.10. The van der Waals surface area contributed by atoms with E-state index in [2.05, 4.69) is 13.0 Å². The number of aliphatic hydroxyl groups excluding tert-OH is 1. The highest BCUT2D eigenvalue weighted by atomic mass is 16.3. The fourth-order valence-corrected chi connectivity index (χ4v) is 0.917. The molecule has 9 heavy (non-hydrogen) atoms. The first-order valence-corrected chi connectivity index (χ1v) is 3.29. The van der Waals surface area contributed by atoms with E-state index in [0.29, 0.717) is 17.6 Å². The summed E-state index contributed by atoms with van der Waals surface area (Å²) in [5, 5.41) is 9.16. The van der Waals surface area contributed by atoms with Gasteiger partial charge < -0.3 is 5.11 Å². The van der Waals surface area contributed by atoms with Crippen molar-refractivity contribution in [2.24, 2.45) is 11.8 Å². The normalized spacial score (nSPS) is 34.2. The van der Waals surface area contributed by atoms with Crippen LogP contribution >= 0.6 is 0 Å². The molecule has 0 aromatic carbocycles. The van der Waals surface area contributed by atoms with E-state index in [9.17, 15) is 0 Å². The standard InChI is InChI=1S/C8H12O/c1-6-4-3-5-8(9)7(6)2/h3-7,9H,1-2H3. The highest BCUT2D eigenvalue weighted by molar-refractivity contribution is 5.16. The lowest BCUT2D eigenvalue weighted by molar-refractivity contribution is 0.306.